The summed E-state index contributed by atoms with van der Waals surface area (Å²) in [5.74, 6) is -1.69. The number of anilines is 1. The van der Waals surface area contributed by atoms with Gasteiger partial charge in [-0.1, -0.05) is 30.3 Å². The maximum absolute atomic E-state index is 15.9. The molecule has 12 heteroatoms. The van der Waals surface area contributed by atoms with Crippen LogP contribution in [0.3, 0.4) is 0 Å². The lowest BCUT2D eigenvalue weighted by Crippen LogP contribution is -2.38. The average Bonchev–Trinajstić information content (AvgIpc) is 3.09. The van der Waals surface area contributed by atoms with Gasteiger partial charge in [-0.3, -0.25) is 4.79 Å². The SMILES string of the molecule is CC(O)CCOC(=O)N1CCc2cc(OCc3ccccc3)c(N3CC(=O)NS3(=O)=O)c(F)c2C1. The number of fused-ring (bicyclic) bond motifs is 1. The molecule has 2 aromatic rings. The second kappa shape index (κ2) is 10.1. The molecule has 2 N–H and O–H groups in total. The van der Waals surface area contributed by atoms with Gasteiger partial charge >= 0.3 is 16.3 Å². The van der Waals surface area contributed by atoms with Crippen LogP contribution in [0, 0.1) is 5.82 Å². The van der Waals surface area contributed by atoms with Crippen LogP contribution in [0.1, 0.15) is 30.0 Å². The summed E-state index contributed by atoms with van der Waals surface area (Å²) in [5, 5.41) is 9.33. The molecule has 2 heterocycles. The van der Waals surface area contributed by atoms with Crippen molar-refractivity contribution >= 4 is 27.9 Å². The number of rotatable bonds is 7. The summed E-state index contributed by atoms with van der Waals surface area (Å²) in [5.41, 5.74) is 1.10. The van der Waals surface area contributed by atoms with Gasteiger partial charge in [0.15, 0.2) is 5.82 Å². The molecule has 0 aliphatic carbocycles. The minimum Gasteiger partial charge on any atom is -0.487 e. The first-order valence-electron chi connectivity index (χ1n) is 11.1. The molecular formula is C23H26FN3O7S. The Kier molecular flexibility index (Phi) is 7.13. The van der Waals surface area contributed by atoms with Crippen molar-refractivity contribution in [2.75, 3.05) is 24.0 Å². The fourth-order valence-corrected chi connectivity index (χ4v) is 5.07. The van der Waals surface area contributed by atoms with Gasteiger partial charge < -0.3 is 19.5 Å². The lowest BCUT2D eigenvalue weighted by molar-refractivity contribution is -0.117. The normalized spacial score (nSPS) is 17.5. The quantitative estimate of drug-likeness (QED) is 0.586. The molecular weight excluding hydrogens is 481 g/mol. The van der Waals surface area contributed by atoms with Gasteiger partial charge in [-0.05, 0) is 30.5 Å². The maximum atomic E-state index is 15.9. The predicted octanol–water partition coefficient (Wildman–Crippen LogP) is 1.85. The average molecular weight is 508 g/mol. The van der Waals surface area contributed by atoms with Crippen LogP contribution < -0.4 is 13.8 Å². The van der Waals surface area contributed by atoms with E-state index in [-0.39, 0.29) is 49.7 Å². The molecule has 2 aliphatic heterocycles. The summed E-state index contributed by atoms with van der Waals surface area (Å²) in [4.78, 5) is 25.6. The number of halogens is 1. The Balaban J connectivity index is 1.66. The molecule has 2 amide bonds. The van der Waals surface area contributed by atoms with Gasteiger partial charge in [0.2, 0.25) is 0 Å². The second-order valence-electron chi connectivity index (χ2n) is 8.41. The fraction of sp³-hybridized carbons (Fsp3) is 0.391. The van der Waals surface area contributed by atoms with E-state index in [1.54, 1.807) is 13.0 Å². The molecule has 2 aromatic carbocycles. The molecule has 4 rings (SSSR count). The number of aliphatic hydroxyl groups excluding tert-OH is 1. The van der Waals surface area contributed by atoms with E-state index in [0.717, 1.165) is 5.56 Å². The third-order valence-corrected chi connectivity index (χ3v) is 7.10. The van der Waals surface area contributed by atoms with Gasteiger partial charge in [0.1, 0.15) is 24.6 Å². The number of nitrogens with one attached hydrogen (secondary N) is 1. The van der Waals surface area contributed by atoms with E-state index in [9.17, 15) is 23.1 Å². The highest BCUT2D eigenvalue weighted by Gasteiger charge is 2.39. The van der Waals surface area contributed by atoms with E-state index in [1.165, 1.54) is 4.90 Å². The number of benzene rings is 2. The van der Waals surface area contributed by atoms with Crippen molar-refractivity contribution in [3.8, 4) is 5.75 Å². The molecule has 188 valence electrons. The highest BCUT2D eigenvalue weighted by molar-refractivity contribution is 7.92. The Bertz CT molecular complexity index is 1220. The van der Waals surface area contributed by atoms with Crippen molar-refractivity contribution in [2.45, 2.75) is 39.0 Å². The summed E-state index contributed by atoms with van der Waals surface area (Å²) >= 11 is 0. The topological polar surface area (TPSA) is 125 Å². The molecule has 10 nitrogen and oxygen atoms in total. The van der Waals surface area contributed by atoms with Crippen LogP contribution in [0.2, 0.25) is 0 Å². The monoisotopic (exact) mass is 507 g/mol. The van der Waals surface area contributed by atoms with Crippen LogP contribution in [-0.4, -0.2) is 56.2 Å². The fourth-order valence-electron chi connectivity index (χ4n) is 3.91. The summed E-state index contributed by atoms with van der Waals surface area (Å²) < 4.78 is 54.5. The van der Waals surface area contributed by atoms with E-state index in [0.29, 0.717) is 16.3 Å². The smallest absolute Gasteiger partial charge is 0.410 e. The zero-order chi connectivity index (χ0) is 25.2. The summed E-state index contributed by atoms with van der Waals surface area (Å²) in [6.07, 6.45) is -0.723. The van der Waals surface area contributed by atoms with Crippen LogP contribution in [0.4, 0.5) is 14.9 Å². The minimum atomic E-state index is -4.31. The van der Waals surface area contributed by atoms with Crippen molar-refractivity contribution < 1.29 is 37.0 Å². The van der Waals surface area contributed by atoms with E-state index < -0.39 is 40.7 Å². The Morgan fingerprint density at radius 1 is 1.26 bits per heavy atom. The van der Waals surface area contributed by atoms with Gasteiger partial charge in [0.25, 0.3) is 5.91 Å². The molecule has 0 spiro atoms. The predicted molar refractivity (Wildman–Crippen MR) is 123 cm³/mol. The van der Waals surface area contributed by atoms with Crippen LogP contribution in [0.5, 0.6) is 5.75 Å². The van der Waals surface area contributed by atoms with Crippen molar-refractivity contribution in [1.29, 1.82) is 0 Å². The number of hydrogen-bond acceptors (Lipinski definition) is 7. The summed E-state index contributed by atoms with van der Waals surface area (Å²) in [6.45, 7) is 1.17. The van der Waals surface area contributed by atoms with Crippen molar-refractivity contribution in [3.05, 3.63) is 58.9 Å². The van der Waals surface area contributed by atoms with Gasteiger partial charge in [-0.15, -0.1) is 0 Å². The Morgan fingerprint density at radius 2 is 2.00 bits per heavy atom. The molecule has 2 aliphatic rings. The largest absolute Gasteiger partial charge is 0.487 e. The Labute approximate surface area is 202 Å². The zero-order valence-corrected chi connectivity index (χ0v) is 19.9. The van der Waals surface area contributed by atoms with Gasteiger partial charge in [0.05, 0.1) is 19.3 Å². The summed E-state index contributed by atoms with van der Waals surface area (Å²) in [7, 11) is -4.31. The maximum Gasteiger partial charge on any atom is 0.410 e. The third kappa shape index (κ3) is 5.49. The first-order chi connectivity index (χ1) is 16.7. The molecule has 1 unspecified atom stereocenters. The van der Waals surface area contributed by atoms with E-state index in [4.69, 9.17) is 9.47 Å². The molecule has 35 heavy (non-hydrogen) atoms. The first-order valence-corrected chi connectivity index (χ1v) is 12.5. The van der Waals surface area contributed by atoms with Crippen molar-refractivity contribution in [2.24, 2.45) is 0 Å². The number of carbonyl (C=O) groups excluding carboxylic acids is 2. The Hall–Kier alpha value is -3.38. The van der Waals surface area contributed by atoms with Gasteiger partial charge in [-0.25, -0.2) is 18.2 Å². The standard InChI is InChI=1S/C23H26FN3O7S/c1-15(28)8-10-33-23(30)26-9-7-17-11-19(34-14-16-5-3-2-4-6-16)22(21(24)18(17)12-26)27-13-20(29)25-35(27,31)32/h2-6,11,15,28H,7-10,12-14H2,1H3,(H,25,29). The number of hydrogen-bond donors (Lipinski definition) is 2. The van der Waals surface area contributed by atoms with E-state index >= 15 is 4.39 Å². The lowest BCUT2D eigenvalue weighted by Gasteiger charge is -2.31. The number of aliphatic hydroxyl groups is 1. The third-order valence-electron chi connectivity index (χ3n) is 5.73. The second-order valence-corrected chi connectivity index (χ2v) is 10.0. The molecule has 0 radical (unpaired) electrons. The molecule has 0 aromatic heterocycles. The number of nitrogens with zero attached hydrogens (tertiary/aromatic N) is 2. The van der Waals surface area contributed by atoms with Crippen LogP contribution >= 0.6 is 0 Å². The summed E-state index contributed by atoms with van der Waals surface area (Å²) in [6, 6.07) is 10.7. The number of carbonyl (C=O) groups is 2. The molecule has 1 atom stereocenters. The molecule has 1 saturated heterocycles. The van der Waals surface area contributed by atoms with Crippen molar-refractivity contribution in [3.63, 3.8) is 0 Å². The van der Waals surface area contributed by atoms with Crippen LogP contribution in [-0.2, 0) is 39.3 Å². The highest BCUT2D eigenvalue weighted by Crippen LogP contribution is 2.40. The molecule has 0 bridgehead atoms. The lowest BCUT2D eigenvalue weighted by atomic mass is 9.97. The molecule has 0 saturated carbocycles. The highest BCUT2D eigenvalue weighted by atomic mass is 32.2. The van der Waals surface area contributed by atoms with E-state index in [1.807, 2.05) is 35.1 Å². The van der Waals surface area contributed by atoms with Crippen molar-refractivity contribution in [1.82, 2.24) is 9.62 Å². The van der Waals surface area contributed by atoms with Gasteiger partial charge in [0, 0.05) is 18.5 Å². The van der Waals surface area contributed by atoms with Crippen LogP contribution in [0.25, 0.3) is 0 Å². The minimum absolute atomic E-state index is 0.0135. The molecule has 1 fully saturated rings. The van der Waals surface area contributed by atoms with Gasteiger partial charge in [-0.2, -0.15) is 8.42 Å². The number of amides is 2. The Morgan fingerprint density at radius 3 is 2.66 bits per heavy atom. The van der Waals surface area contributed by atoms with E-state index in [2.05, 4.69) is 0 Å². The number of ether oxygens (including phenoxy) is 2. The first kappa shape index (κ1) is 24.7. The van der Waals surface area contributed by atoms with Crippen LogP contribution in [0.15, 0.2) is 36.4 Å². The zero-order valence-electron chi connectivity index (χ0n) is 19.1.